The lowest BCUT2D eigenvalue weighted by atomic mass is 10.8. The quantitative estimate of drug-likeness (QED) is 0.393. The molecule has 0 aromatic carbocycles. The summed E-state index contributed by atoms with van der Waals surface area (Å²) in [4.78, 5) is 1.60. The second kappa shape index (κ2) is 5.91. The van der Waals surface area contributed by atoms with Crippen molar-refractivity contribution in [2.45, 2.75) is 32.4 Å². The Morgan fingerprint density at radius 1 is 1.20 bits per heavy atom. The van der Waals surface area contributed by atoms with Gasteiger partial charge in [0.05, 0.1) is 0 Å². The first-order chi connectivity index (χ1) is 6.88. The summed E-state index contributed by atoms with van der Waals surface area (Å²) in [6, 6.07) is 1.18. The first-order valence-corrected chi connectivity index (χ1v) is 10.6. The summed E-state index contributed by atoms with van der Waals surface area (Å²) in [6.45, 7) is 8.30. The highest BCUT2D eigenvalue weighted by molar-refractivity contribution is 14.1. The van der Waals surface area contributed by atoms with Gasteiger partial charge < -0.3 is 4.74 Å². The zero-order valence-corrected chi connectivity index (χ0v) is 14.4. The summed E-state index contributed by atoms with van der Waals surface area (Å²) in [7, 11) is -0.979. The predicted molar refractivity (Wildman–Crippen MR) is 79.6 cm³/mol. The highest BCUT2D eigenvalue weighted by Crippen LogP contribution is 2.09. The molecular weight excluding hydrogens is 436 g/mol. The molecule has 1 heterocycles. The Morgan fingerprint density at radius 3 is 2.20 bits per heavy atom. The third-order valence-electron chi connectivity index (χ3n) is 1.78. The summed E-state index contributed by atoms with van der Waals surface area (Å²) in [5.41, 5.74) is 0. The number of hydrogen-bond acceptors (Lipinski definition) is 3. The van der Waals surface area contributed by atoms with E-state index in [1.165, 1.54) is 6.04 Å². The summed E-state index contributed by atoms with van der Waals surface area (Å²) in [5.74, 6) is 0. The van der Waals surface area contributed by atoms with Gasteiger partial charge in [-0.05, 0) is 51.2 Å². The maximum Gasteiger partial charge on any atom is 0.158 e. The van der Waals surface area contributed by atoms with Crippen LogP contribution in [0.1, 0.15) is 0 Å². The number of nitrogens with zero attached hydrogens (tertiary/aromatic N) is 3. The molecule has 1 aromatic heterocycles. The van der Waals surface area contributed by atoms with Gasteiger partial charge in [-0.1, -0.05) is 19.6 Å². The lowest BCUT2D eigenvalue weighted by Crippen LogP contribution is -2.22. The molecule has 0 radical (unpaired) electrons. The van der Waals surface area contributed by atoms with Gasteiger partial charge in [0.25, 0.3) is 0 Å². The van der Waals surface area contributed by atoms with E-state index in [4.69, 9.17) is 4.74 Å². The third-order valence-corrected chi connectivity index (χ3v) is 5.97. The van der Waals surface area contributed by atoms with Crippen LogP contribution >= 0.6 is 45.2 Å². The van der Waals surface area contributed by atoms with E-state index in [9.17, 15) is 0 Å². The fraction of sp³-hybridized carbons (Fsp3) is 0.750. The summed E-state index contributed by atoms with van der Waals surface area (Å²) >= 11 is 4.34. The van der Waals surface area contributed by atoms with Crippen molar-refractivity contribution in [2.75, 3.05) is 6.61 Å². The normalized spacial score (nSPS) is 12.1. The molecule has 0 atom stereocenters. The number of ether oxygens (including phenoxy) is 1. The summed E-state index contributed by atoms with van der Waals surface area (Å²) < 4.78 is 7.39. The average molecular weight is 451 g/mol. The molecule has 0 unspecified atom stereocenters. The van der Waals surface area contributed by atoms with Gasteiger partial charge >= 0.3 is 0 Å². The van der Waals surface area contributed by atoms with Crippen molar-refractivity contribution >= 4 is 53.3 Å². The first-order valence-electron chi connectivity index (χ1n) is 4.72. The Labute approximate surface area is 118 Å². The van der Waals surface area contributed by atoms with E-state index in [1.807, 2.05) is 0 Å². The molecular formula is C8H15I2N3OSi. The number of hydrogen-bond donors (Lipinski definition) is 0. The number of halogens is 2. The minimum absolute atomic E-state index is 0.462. The molecule has 0 aliphatic carbocycles. The molecule has 1 aromatic rings. The molecule has 0 bridgehead atoms. The monoisotopic (exact) mass is 451 g/mol. The molecule has 0 aliphatic rings. The largest absolute Gasteiger partial charge is 0.358 e. The highest BCUT2D eigenvalue weighted by Gasteiger charge is 2.12. The van der Waals surface area contributed by atoms with Gasteiger partial charge in [0.1, 0.15) is 0 Å². The smallest absolute Gasteiger partial charge is 0.158 e. The van der Waals surface area contributed by atoms with E-state index in [2.05, 4.69) is 75.0 Å². The lowest BCUT2D eigenvalue weighted by molar-refractivity contribution is 0.0681. The molecule has 0 N–H and O–H groups in total. The molecule has 7 heteroatoms. The lowest BCUT2D eigenvalue weighted by Gasteiger charge is -2.14. The van der Waals surface area contributed by atoms with Crippen molar-refractivity contribution < 1.29 is 4.74 Å². The molecule has 0 saturated carbocycles. The minimum atomic E-state index is -0.979. The van der Waals surface area contributed by atoms with E-state index >= 15 is 0 Å². The SMILES string of the molecule is C[Si](C)(C)CCOCn1nc(I)c(I)n1. The van der Waals surface area contributed by atoms with Crippen LogP contribution in [0.5, 0.6) is 0 Å². The van der Waals surface area contributed by atoms with Gasteiger partial charge in [-0.25, -0.2) is 0 Å². The summed E-state index contributed by atoms with van der Waals surface area (Å²) in [6.07, 6.45) is 0. The molecule has 0 saturated heterocycles. The topological polar surface area (TPSA) is 39.9 Å². The Kier molecular flexibility index (Phi) is 5.46. The molecule has 15 heavy (non-hydrogen) atoms. The standard InChI is InChI=1S/C8H15I2N3OSi/c1-15(2,3)5-4-14-6-13-11-7(9)8(10)12-13/h4-6H2,1-3H3. The maximum atomic E-state index is 5.53. The van der Waals surface area contributed by atoms with Gasteiger partial charge in [-0.2, -0.15) is 4.80 Å². The van der Waals surface area contributed by atoms with Crippen LogP contribution in [0.4, 0.5) is 0 Å². The van der Waals surface area contributed by atoms with E-state index in [0.717, 1.165) is 14.0 Å². The van der Waals surface area contributed by atoms with Crippen LogP contribution in [0.25, 0.3) is 0 Å². The molecule has 0 aliphatic heterocycles. The van der Waals surface area contributed by atoms with Crippen molar-refractivity contribution in [3.8, 4) is 0 Å². The average Bonchev–Trinajstić information content (AvgIpc) is 2.39. The van der Waals surface area contributed by atoms with Gasteiger partial charge in [0.15, 0.2) is 14.1 Å². The number of rotatable bonds is 5. The van der Waals surface area contributed by atoms with Crippen molar-refractivity contribution in [3.05, 3.63) is 7.40 Å². The highest BCUT2D eigenvalue weighted by atomic mass is 127. The van der Waals surface area contributed by atoms with Crippen molar-refractivity contribution in [2.24, 2.45) is 0 Å². The zero-order valence-electron chi connectivity index (χ0n) is 9.13. The van der Waals surface area contributed by atoms with Crippen molar-refractivity contribution in [1.82, 2.24) is 15.0 Å². The molecule has 0 fully saturated rings. The van der Waals surface area contributed by atoms with E-state index in [0.29, 0.717) is 6.73 Å². The summed E-state index contributed by atoms with van der Waals surface area (Å²) in [5, 5.41) is 8.43. The third kappa shape index (κ3) is 5.59. The Bertz CT molecular complexity index is 305. The van der Waals surface area contributed by atoms with Crippen LogP contribution in [0.3, 0.4) is 0 Å². The molecule has 86 valence electrons. The van der Waals surface area contributed by atoms with Crippen LogP contribution in [0.2, 0.25) is 25.7 Å². The van der Waals surface area contributed by atoms with Crippen LogP contribution in [-0.2, 0) is 11.5 Å². The molecule has 0 amide bonds. The van der Waals surface area contributed by atoms with E-state index in [-0.39, 0.29) is 0 Å². The zero-order chi connectivity index (χ0) is 11.5. The van der Waals surface area contributed by atoms with Gasteiger partial charge in [-0.3, -0.25) is 0 Å². The number of aromatic nitrogens is 3. The van der Waals surface area contributed by atoms with Gasteiger partial charge in [0.2, 0.25) is 0 Å². The second-order valence-electron chi connectivity index (χ2n) is 4.50. The maximum absolute atomic E-state index is 5.53. The molecule has 1 rings (SSSR count). The van der Waals surface area contributed by atoms with Gasteiger partial charge in [-0.15, -0.1) is 10.2 Å². The van der Waals surface area contributed by atoms with Crippen molar-refractivity contribution in [1.29, 1.82) is 0 Å². The first kappa shape index (κ1) is 13.8. The van der Waals surface area contributed by atoms with Crippen LogP contribution in [0, 0.1) is 7.40 Å². The molecule has 0 spiro atoms. The second-order valence-corrected chi connectivity index (χ2v) is 12.2. The van der Waals surface area contributed by atoms with E-state index in [1.54, 1.807) is 4.80 Å². The fourth-order valence-electron chi connectivity index (χ4n) is 0.890. The fourth-order valence-corrected chi connectivity index (χ4v) is 2.36. The van der Waals surface area contributed by atoms with Gasteiger partial charge in [0, 0.05) is 14.7 Å². The van der Waals surface area contributed by atoms with Crippen LogP contribution in [0.15, 0.2) is 0 Å². The van der Waals surface area contributed by atoms with Crippen LogP contribution < -0.4 is 0 Å². The minimum Gasteiger partial charge on any atom is -0.358 e. The molecule has 4 nitrogen and oxygen atoms in total. The predicted octanol–water partition coefficient (Wildman–Crippen LogP) is 2.80. The Morgan fingerprint density at radius 2 is 1.73 bits per heavy atom. The Balaban J connectivity index is 2.26. The Hall–Kier alpha value is 0.777. The van der Waals surface area contributed by atoms with Crippen molar-refractivity contribution in [3.63, 3.8) is 0 Å². The van der Waals surface area contributed by atoms with E-state index < -0.39 is 8.07 Å². The van der Waals surface area contributed by atoms with Crippen LogP contribution in [-0.4, -0.2) is 29.7 Å².